The number of aromatic nitrogens is 3. The number of hydrogen-bond donors (Lipinski definition) is 0. The predicted octanol–water partition coefficient (Wildman–Crippen LogP) is 3.18. The lowest BCUT2D eigenvalue weighted by atomic mass is 9.96. The standard InChI is InChI=1S/C17H18N4OS/c1-12-4-6-23-15(12)11-21-9-13(10-21)7-16-19-17(20-22-16)14-3-2-5-18-8-14/h2-6,8,13H,7,9-11H2,1H3. The molecule has 4 heterocycles. The van der Waals surface area contributed by atoms with Crippen molar-refractivity contribution < 1.29 is 4.52 Å². The lowest BCUT2D eigenvalue weighted by Gasteiger charge is -2.38. The number of likely N-dealkylation sites (tertiary alicyclic amines) is 1. The zero-order valence-electron chi connectivity index (χ0n) is 13.0. The molecule has 0 spiro atoms. The van der Waals surface area contributed by atoms with Crippen LogP contribution in [0.1, 0.15) is 16.3 Å². The molecule has 6 heteroatoms. The molecule has 0 aliphatic carbocycles. The number of hydrogen-bond acceptors (Lipinski definition) is 6. The molecular formula is C17H18N4OS. The van der Waals surface area contributed by atoms with Crippen LogP contribution in [-0.4, -0.2) is 33.1 Å². The maximum absolute atomic E-state index is 5.38. The molecule has 0 radical (unpaired) electrons. The van der Waals surface area contributed by atoms with E-state index in [0.29, 0.717) is 11.7 Å². The molecule has 1 aliphatic rings. The minimum absolute atomic E-state index is 0.609. The molecule has 0 unspecified atom stereocenters. The van der Waals surface area contributed by atoms with Crippen molar-refractivity contribution in [2.24, 2.45) is 5.92 Å². The summed E-state index contributed by atoms with van der Waals surface area (Å²) in [4.78, 5) is 12.5. The number of aryl methyl sites for hydroxylation is 1. The molecule has 0 amide bonds. The summed E-state index contributed by atoms with van der Waals surface area (Å²) in [7, 11) is 0. The van der Waals surface area contributed by atoms with E-state index in [-0.39, 0.29) is 0 Å². The largest absolute Gasteiger partial charge is 0.339 e. The Labute approximate surface area is 139 Å². The van der Waals surface area contributed by atoms with Gasteiger partial charge in [0.05, 0.1) is 0 Å². The first-order chi connectivity index (χ1) is 11.3. The Morgan fingerprint density at radius 3 is 3.00 bits per heavy atom. The van der Waals surface area contributed by atoms with Gasteiger partial charge in [0.25, 0.3) is 0 Å². The maximum Gasteiger partial charge on any atom is 0.227 e. The predicted molar refractivity (Wildman–Crippen MR) is 89.1 cm³/mol. The Bertz CT molecular complexity index is 777. The fourth-order valence-electron chi connectivity index (χ4n) is 2.90. The molecule has 0 saturated carbocycles. The first kappa shape index (κ1) is 14.5. The van der Waals surface area contributed by atoms with E-state index >= 15 is 0 Å². The summed E-state index contributed by atoms with van der Waals surface area (Å²) in [5, 5.41) is 6.22. The molecule has 1 fully saturated rings. The van der Waals surface area contributed by atoms with Crippen molar-refractivity contribution >= 4 is 11.3 Å². The second kappa shape index (κ2) is 6.22. The third kappa shape index (κ3) is 3.18. The zero-order valence-corrected chi connectivity index (χ0v) is 13.8. The van der Waals surface area contributed by atoms with Crippen molar-refractivity contribution in [3.63, 3.8) is 0 Å². The van der Waals surface area contributed by atoms with Crippen LogP contribution in [0.15, 0.2) is 40.5 Å². The molecule has 3 aromatic rings. The Hall–Kier alpha value is -2.05. The van der Waals surface area contributed by atoms with Gasteiger partial charge in [-0.3, -0.25) is 9.88 Å². The van der Waals surface area contributed by atoms with Crippen LogP contribution in [0.5, 0.6) is 0 Å². The van der Waals surface area contributed by atoms with Crippen molar-refractivity contribution in [3.05, 3.63) is 52.3 Å². The number of nitrogens with zero attached hydrogens (tertiary/aromatic N) is 4. The van der Waals surface area contributed by atoms with Crippen LogP contribution < -0.4 is 0 Å². The van der Waals surface area contributed by atoms with Gasteiger partial charge >= 0.3 is 0 Å². The maximum atomic E-state index is 5.38. The van der Waals surface area contributed by atoms with E-state index in [1.807, 2.05) is 23.5 Å². The van der Waals surface area contributed by atoms with Crippen molar-refractivity contribution in [1.29, 1.82) is 0 Å². The van der Waals surface area contributed by atoms with Crippen molar-refractivity contribution in [2.75, 3.05) is 13.1 Å². The fraction of sp³-hybridized carbons (Fsp3) is 0.353. The Kier molecular flexibility index (Phi) is 3.93. The highest BCUT2D eigenvalue weighted by Crippen LogP contribution is 2.26. The first-order valence-corrected chi connectivity index (χ1v) is 8.64. The normalized spacial score (nSPS) is 15.7. The average Bonchev–Trinajstić information content (AvgIpc) is 3.16. The topological polar surface area (TPSA) is 55.1 Å². The van der Waals surface area contributed by atoms with E-state index in [4.69, 9.17) is 4.52 Å². The van der Waals surface area contributed by atoms with Gasteiger partial charge in [0.2, 0.25) is 11.7 Å². The summed E-state index contributed by atoms with van der Waals surface area (Å²) in [6.45, 7) is 5.44. The van der Waals surface area contributed by atoms with Crippen LogP contribution in [0.4, 0.5) is 0 Å². The Morgan fingerprint density at radius 2 is 2.26 bits per heavy atom. The molecule has 0 N–H and O–H groups in total. The van der Waals surface area contributed by atoms with E-state index < -0.39 is 0 Å². The van der Waals surface area contributed by atoms with Crippen LogP contribution in [0.2, 0.25) is 0 Å². The smallest absolute Gasteiger partial charge is 0.227 e. The van der Waals surface area contributed by atoms with E-state index in [1.54, 1.807) is 12.4 Å². The van der Waals surface area contributed by atoms with Crippen molar-refractivity contribution in [1.82, 2.24) is 20.0 Å². The summed E-state index contributed by atoms with van der Waals surface area (Å²) >= 11 is 1.84. The van der Waals surface area contributed by atoms with Crippen LogP contribution >= 0.6 is 11.3 Å². The summed E-state index contributed by atoms with van der Waals surface area (Å²) in [6, 6.07) is 6.01. The fourth-order valence-corrected chi connectivity index (χ4v) is 3.85. The molecule has 0 aromatic carbocycles. The molecule has 1 saturated heterocycles. The van der Waals surface area contributed by atoms with Gasteiger partial charge in [0.1, 0.15) is 0 Å². The van der Waals surface area contributed by atoms with Gasteiger partial charge in [-0.25, -0.2) is 0 Å². The van der Waals surface area contributed by atoms with Crippen LogP contribution in [0.3, 0.4) is 0 Å². The second-order valence-electron chi connectivity index (χ2n) is 6.04. The van der Waals surface area contributed by atoms with Gasteiger partial charge in [-0.15, -0.1) is 11.3 Å². The average molecular weight is 326 g/mol. The monoisotopic (exact) mass is 326 g/mol. The van der Waals surface area contributed by atoms with Crippen molar-refractivity contribution in [3.8, 4) is 11.4 Å². The van der Waals surface area contributed by atoms with E-state index in [1.165, 1.54) is 10.4 Å². The third-order valence-corrected chi connectivity index (χ3v) is 5.23. The van der Waals surface area contributed by atoms with Crippen LogP contribution in [-0.2, 0) is 13.0 Å². The molecule has 0 bridgehead atoms. The van der Waals surface area contributed by atoms with Gasteiger partial charge in [-0.1, -0.05) is 5.16 Å². The van der Waals surface area contributed by atoms with Gasteiger partial charge < -0.3 is 4.52 Å². The summed E-state index contributed by atoms with van der Waals surface area (Å²) in [5.74, 6) is 1.96. The molecule has 3 aromatic heterocycles. The summed E-state index contributed by atoms with van der Waals surface area (Å²) < 4.78 is 5.38. The van der Waals surface area contributed by atoms with Gasteiger partial charge in [-0.2, -0.15) is 4.98 Å². The van der Waals surface area contributed by atoms with Crippen LogP contribution in [0, 0.1) is 12.8 Å². The minimum atomic E-state index is 0.609. The molecule has 5 nitrogen and oxygen atoms in total. The first-order valence-electron chi connectivity index (χ1n) is 7.76. The molecule has 118 valence electrons. The molecule has 4 rings (SSSR count). The highest BCUT2D eigenvalue weighted by molar-refractivity contribution is 7.10. The van der Waals surface area contributed by atoms with Gasteiger partial charge in [0, 0.05) is 48.9 Å². The molecule has 23 heavy (non-hydrogen) atoms. The lowest BCUT2D eigenvalue weighted by molar-refractivity contribution is 0.0875. The Balaban J connectivity index is 1.31. The number of rotatable bonds is 5. The van der Waals surface area contributed by atoms with Gasteiger partial charge in [0.15, 0.2) is 0 Å². The van der Waals surface area contributed by atoms with Crippen LogP contribution in [0.25, 0.3) is 11.4 Å². The number of thiophene rings is 1. The Morgan fingerprint density at radius 1 is 1.35 bits per heavy atom. The highest BCUT2D eigenvalue weighted by Gasteiger charge is 2.29. The van der Waals surface area contributed by atoms with Gasteiger partial charge in [-0.05, 0) is 42.0 Å². The van der Waals surface area contributed by atoms with E-state index in [9.17, 15) is 0 Å². The SMILES string of the molecule is Cc1ccsc1CN1CC(Cc2nc(-c3cccnc3)no2)C1. The molecular weight excluding hydrogens is 308 g/mol. The number of pyridine rings is 1. The third-order valence-electron chi connectivity index (χ3n) is 4.22. The van der Waals surface area contributed by atoms with Crippen molar-refractivity contribution in [2.45, 2.75) is 19.9 Å². The second-order valence-corrected chi connectivity index (χ2v) is 7.05. The minimum Gasteiger partial charge on any atom is -0.339 e. The molecule has 1 aliphatic heterocycles. The lowest BCUT2D eigenvalue weighted by Crippen LogP contribution is -2.46. The van der Waals surface area contributed by atoms with E-state index in [2.05, 4.69) is 38.4 Å². The quantitative estimate of drug-likeness (QED) is 0.721. The van der Waals surface area contributed by atoms with E-state index in [0.717, 1.165) is 37.5 Å². The molecule has 0 atom stereocenters. The summed E-state index contributed by atoms with van der Waals surface area (Å²) in [6.07, 6.45) is 4.35. The zero-order chi connectivity index (χ0) is 15.6. The summed E-state index contributed by atoms with van der Waals surface area (Å²) in [5.41, 5.74) is 2.29. The highest BCUT2D eigenvalue weighted by atomic mass is 32.1.